The molecule has 1 N–H and O–H groups in total. The average Bonchev–Trinajstić information content (AvgIpc) is 2.94. The minimum Gasteiger partial charge on any atom is -0.377 e. The molecule has 82 valence electrons. The topological polar surface area (TPSA) is 30.5 Å². The number of hydrogen-bond donors (Lipinski definition) is 1. The van der Waals surface area contributed by atoms with E-state index in [1.54, 1.807) is 7.11 Å². The maximum absolute atomic E-state index is 5.82. The van der Waals surface area contributed by atoms with Crippen LogP contribution in [0.15, 0.2) is 0 Å². The summed E-state index contributed by atoms with van der Waals surface area (Å²) in [6, 6.07) is 0.509. The van der Waals surface area contributed by atoms with Crippen molar-refractivity contribution in [3.8, 4) is 0 Å². The molecular formula is C11H21NO2. The SMILES string of the molecule is CCNC1CC(OCC2CC2)C1OC. The first-order valence-corrected chi connectivity index (χ1v) is 5.73. The first-order valence-electron chi connectivity index (χ1n) is 5.73. The summed E-state index contributed by atoms with van der Waals surface area (Å²) < 4.78 is 11.2. The summed E-state index contributed by atoms with van der Waals surface area (Å²) in [5.41, 5.74) is 0. The molecule has 0 saturated heterocycles. The minimum absolute atomic E-state index is 0.272. The lowest BCUT2D eigenvalue weighted by Gasteiger charge is -2.43. The molecule has 2 rings (SSSR count). The zero-order chi connectivity index (χ0) is 9.97. The first-order chi connectivity index (χ1) is 6.85. The van der Waals surface area contributed by atoms with Crippen LogP contribution in [0.2, 0.25) is 0 Å². The van der Waals surface area contributed by atoms with Crippen molar-refractivity contribution in [1.82, 2.24) is 5.32 Å². The van der Waals surface area contributed by atoms with Crippen LogP contribution in [0.3, 0.4) is 0 Å². The summed E-state index contributed by atoms with van der Waals surface area (Å²) in [4.78, 5) is 0. The molecule has 0 amide bonds. The highest BCUT2D eigenvalue weighted by Crippen LogP contribution is 2.33. The quantitative estimate of drug-likeness (QED) is 0.697. The second-order valence-corrected chi connectivity index (χ2v) is 4.42. The van der Waals surface area contributed by atoms with E-state index in [0.717, 1.165) is 25.5 Å². The molecule has 0 aliphatic heterocycles. The van der Waals surface area contributed by atoms with Crippen LogP contribution in [0.25, 0.3) is 0 Å². The van der Waals surface area contributed by atoms with Crippen molar-refractivity contribution in [1.29, 1.82) is 0 Å². The Labute approximate surface area is 86.2 Å². The van der Waals surface area contributed by atoms with Crippen LogP contribution in [-0.2, 0) is 9.47 Å². The van der Waals surface area contributed by atoms with Gasteiger partial charge in [-0.25, -0.2) is 0 Å². The van der Waals surface area contributed by atoms with Gasteiger partial charge < -0.3 is 14.8 Å². The largest absolute Gasteiger partial charge is 0.377 e. The van der Waals surface area contributed by atoms with Crippen LogP contribution < -0.4 is 5.32 Å². The number of likely N-dealkylation sites (N-methyl/N-ethyl adjacent to an activating group) is 1. The Morgan fingerprint density at radius 1 is 1.36 bits per heavy atom. The van der Waals surface area contributed by atoms with Gasteiger partial charge in [0.15, 0.2) is 0 Å². The fourth-order valence-corrected chi connectivity index (χ4v) is 2.07. The van der Waals surface area contributed by atoms with E-state index in [9.17, 15) is 0 Å². The van der Waals surface area contributed by atoms with Gasteiger partial charge in [0.1, 0.15) is 0 Å². The highest BCUT2D eigenvalue weighted by Gasteiger charge is 2.42. The number of rotatable bonds is 6. The smallest absolute Gasteiger partial charge is 0.0986 e. The zero-order valence-electron chi connectivity index (χ0n) is 9.16. The lowest BCUT2D eigenvalue weighted by Crippen LogP contribution is -2.59. The molecule has 0 spiro atoms. The van der Waals surface area contributed by atoms with Crippen LogP contribution in [0.5, 0.6) is 0 Å². The van der Waals surface area contributed by atoms with E-state index in [0.29, 0.717) is 12.1 Å². The highest BCUT2D eigenvalue weighted by atomic mass is 16.5. The number of nitrogens with one attached hydrogen (secondary N) is 1. The molecule has 0 bridgehead atoms. The summed E-state index contributed by atoms with van der Waals surface area (Å²) in [6.45, 7) is 4.09. The molecule has 3 nitrogen and oxygen atoms in total. The predicted molar refractivity (Wildman–Crippen MR) is 55.3 cm³/mol. The summed E-state index contributed by atoms with van der Waals surface area (Å²) in [7, 11) is 1.78. The van der Waals surface area contributed by atoms with Crippen molar-refractivity contribution in [2.45, 2.75) is 44.4 Å². The van der Waals surface area contributed by atoms with Gasteiger partial charge >= 0.3 is 0 Å². The maximum Gasteiger partial charge on any atom is 0.0986 e. The molecule has 0 aromatic rings. The van der Waals surface area contributed by atoms with Crippen molar-refractivity contribution in [3.05, 3.63) is 0 Å². The monoisotopic (exact) mass is 199 g/mol. The lowest BCUT2D eigenvalue weighted by molar-refractivity contribution is -0.135. The molecule has 3 atom stereocenters. The zero-order valence-corrected chi connectivity index (χ0v) is 9.16. The van der Waals surface area contributed by atoms with Gasteiger partial charge in [0.05, 0.1) is 12.2 Å². The van der Waals surface area contributed by atoms with Gasteiger partial charge in [-0.2, -0.15) is 0 Å². The van der Waals surface area contributed by atoms with Gasteiger partial charge in [0, 0.05) is 19.8 Å². The van der Waals surface area contributed by atoms with Crippen molar-refractivity contribution in [3.63, 3.8) is 0 Å². The molecule has 2 saturated carbocycles. The van der Waals surface area contributed by atoms with Gasteiger partial charge in [-0.3, -0.25) is 0 Å². The van der Waals surface area contributed by atoms with Crippen LogP contribution >= 0.6 is 0 Å². The van der Waals surface area contributed by atoms with E-state index >= 15 is 0 Å². The van der Waals surface area contributed by atoms with E-state index in [4.69, 9.17) is 9.47 Å². The molecule has 14 heavy (non-hydrogen) atoms. The van der Waals surface area contributed by atoms with Crippen LogP contribution in [0.4, 0.5) is 0 Å². The Balaban J connectivity index is 1.67. The van der Waals surface area contributed by atoms with Crippen LogP contribution in [0.1, 0.15) is 26.2 Å². The number of hydrogen-bond acceptors (Lipinski definition) is 3. The van der Waals surface area contributed by atoms with E-state index < -0.39 is 0 Å². The normalized spacial score (nSPS) is 36.9. The Kier molecular flexibility index (Phi) is 3.42. The van der Waals surface area contributed by atoms with E-state index in [2.05, 4.69) is 12.2 Å². The minimum atomic E-state index is 0.272. The van der Waals surface area contributed by atoms with Crippen molar-refractivity contribution in [2.75, 3.05) is 20.3 Å². The molecule has 2 aliphatic carbocycles. The Morgan fingerprint density at radius 3 is 2.71 bits per heavy atom. The van der Waals surface area contributed by atoms with E-state index in [-0.39, 0.29) is 6.10 Å². The third-order valence-corrected chi connectivity index (χ3v) is 3.23. The molecule has 0 aromatic heterocycles. The molecule has 0 radical (unpaired) electrons. The Morgan fingerprint density at radius 2 is 2.14 bits per heavy atom. The molecule has 0 heterocycles. The third-order valence-electron chi connectivity index (χ3n) is 3.23. The average molecular weight is 199 g/mol. The van der Waals surface area contributed by atoms with E-state index in [1.165, 1.54) is 12.8 Å². The second-order valence-electron chi connectivity index (χ2n) is 4.42. The number of methoxy groups -OCH3 is 1. The molecule has 3 heteroatoms. The molecule has 3 unspecified atom stereocenters. The van der Waals surface area contributed by atoms with Crippen molar-refractivity contribution < 1.29 is 9.47 Å². The van der Waals surface area contributed by atoms with Gasteiger partial charge in [0.2, 0.25) is 0 Å². The summed E-state index contributed by atoms with van der Waals surface area (Å²) >= 11 is 0. The maximum atomic E-state index is 5.82. The highest BCUT2D eigenvalue weighted by molar-refractivity contribution is 4.97. The predicted octanol–water partition coefficient (Wildman–Crippen LogP) is 1.18. The van der Waals surface area contributed by atoms with Crippen LogP contribution in [0, 0.1) is 5.92 Å². The molecule has 0 aromatic carbocycles. The summed E-state index contributed by atoms with van der Waals surface area (Å²) in [5.74, 6) is 0.852. The van der Waals surface area contributed by atoms with Gasteiger partial charge in [-0.1, -0.05) is 6.92 Å². The third kappa shape index (κ3) is 2.27. The molecule has 2 aliphatic rings. The summed E-state index contributed by atoms with van der Waals surface area (Å²) in [6.07, 6.45) is 4.44. The summed E-state index contributed by atoms with van der Waals surface area (Å²) in [5, 5.41) is 3.41. The Bertz CT molecular complexity index is 182. The lowest BCUT2D eigenvalue weighted by atomic mass is 9.85. The fourth-order valence-electron chi connectivity index (χ4n) is 2.07. The number of ether oxygens (including phenoxy) is 2. The molecular weight excluding hydrogens is 178 g/mol. The van der Waals surface area contributed by atoms with Crippen molar-refractivity contribution in [2.24, 2.45) is 5.92 Å². The van der Waals surface area contributed by atoms with Gasteiger partial charge in [-0.05, 0) is 31.7 Å². The van der Waals surface area contributed by atoms with Gasteiger partial charge in [0.25, 0.3) is 0 Å². The van der Waals surface area contributed by atoms with Gasteiger partial charge in [-0.15, -0.1) is 0 Å². The standard InChI is InChI=1S/C11H21NO2/c1-3-12-9-6-10(11(9)13-2)14-7-8-4-5-8/h8-12H,3-7H2,1-2H3. The molecule has 2 fully saturated rings. The van der Waals surface area contributed by atoms with E-state index in [1.807, 2.05) is 0 Å². The Hall–Kier alpha value is -0.120. The fraction of sp³-hybridized carbons (Fsp3) is 1.00. The van der Waals surface area contributed by atoms with Crippen molar-refractivity contribution >= 4 is 0 Å². The van der Waals surface area contributed by atoms with Crippen LogP contribution in [-0.4, -0.2) is 38.5 Å². The second kappa shape index (κ2) is 4.60. The first kappa shape index (κ1) is 10.4.